The average Bonchev–Trinajstić information content (AvgIpc) is 1.78. The van der Waals surface area contributed by atoms with Crippen LogP contribution in [-0.2, 0) is 4.74 Å². The van der Waals surface area contributed by atoms with Crippen LogP contribution in [0.15, 0.2) is 0 Å². The van der Waals surface area contributed by atoms with Crippen molar-refractivity contribution in [1.82, 2.24) is 0 Å². The molecule has 86 valence electrons. The molecule has 1 unspecified atom stereocenters. The van der Waals surface area contributed by atoms with Gasteiger partial charge in [-0.3, -0.25) is 0 Å². The summed E-state index contributed by atoms with van der Waals surface area (Å²) in [4.78, 5) is 0. The van der Waals surface area contributed by atoms with Crippen LogP contribution in [0.3, 0.4) is 0 Å². The van der Waals surface area contributed by atoms with E-state index >= 15 is 0 Å². The molecule has 0 amide bonds. The van der Waals surface area contributed by atoms with Crippen LogP contribution < -0.4 is 24.0 Å². The Labute approximate surface area is 93.8 Å². The van der Waals surface area contributed by atoms with Gasteiger partial charge in [0, 0.05) is 6.61 Å². The Bertz CT molecular complexity index is 163. The number of ether oxygens (including phenoxy) is 1. The fourth-order valence-electron chi connectivity index (χ4n) is 0.606. The molecule has 0 aromatic rings. The van der Waals surface area contributed by atoms with Crippen molar-refractivity contribution < 1.29 is 55.0 Å². The topological polar surface area (TPSA) is 32.3 Å². The van der Waals surface area contributed by atoms with Gasteiger partial charge in [-0.25, -0.2) is 0 Å². The van der Waals surface area contributed by atoms with Crippen molar-refractivity contribution >= 4 is 0 Å². The molecule has 9 heteroatoms. The molecule has 2 nitrogen and oxygen atoms in total. The third kappa shape index (κ3) is 7.06. The number of rotatable bonds is 3. The van der Waals surface area contributed by atoms with Gasteiger partial charge in [-0.05, 0) is 0 Å². The minimum Gasteiger partial charge on any atom is -0.851 e. The van der Waals surface area contributed by atoms with Crippen LogP contribution in [0.25, 0.3) is 0 Å². The Morgan fingerprint density at radius 1 is 1.07 bits per heavy atom. The van der Waals surface area contributed by atoms with Crippen molar-refractivity contribution in [2.45, 2.75) is 31.5 Å². The first-order valence-electron chi connectivity index (χ1n) is 3.46. The van der Waals surface area contributed by atoms with Gasteiger partial charge in [0.05, 0.1) is 0 Å². The summed E-state index contributed by atoms with van der Waals surface area (Å²) in [6.07, 6.45) is -16.6. The van der Waals surface area contributed by atoms with Gasteiger partial charge in [-0.15, -0.1) is 6.10 Å². The first kappa shape index (κ1) is 17.5. The predicted octanol–water partition coefficient (Wildman–Crippen LogP) is -1.75. The molecule has 0 aliphatic heterocycles. The van der Waals surface area contributed by atoms with E-state index in [0.717, 1.165) is 6.92 Å². The molecule has 0 fully saturated rings. The maximum atomic E-state index is 11.7. The molecule has 0 radical (unpaired) electrons. The van der Waals surface area contributed by atoms with Crippen LogP contribution in [-0.4, -0.2) is 31.2 Å². The van der Waals surface area contributed by atoms with E-state index in [1.165, 1.54) is 0 Å². The number of hydrogen-bond donors (Lipinski definition) is 0. The van der Waals surface area contributed by atoms with E-state index in [4.69, 9.17) is 0 Å². The number of alkyl halides is 6. The summed E-state index contributed by atoms with van der Waals surface area (Å²) in [7, 11) is 0. The fraction of sp³-hybridized carbons (Fsp3) is 1.00. The van der Waals surface area contributed by atoms with Crippen LogP contribution in [0.5, 0.6) is 0 Å². The molecule has 0 N–H and O–H groups in total. The van der Waals surface area contributed by atoms with Crippen molar-refractivity contribution in [1.29, 1.82) is 0 Å². The summed E-state index contributed by atoms with van der Waals surface area (Å²) >= 11 is 0. The van der Waals surface area contributed by atoms with Gasteiger partial charge in [0.25, 0.3) is 0 Å². The molecule has 0 aromatic carbocycles. The maximum Gasteiger partial charge on any atom is 1.00 e. The third-order valence-corrected chi connectivity index (χ3v) is 1.09. The monoisotopic (exact) mass is 232 g/mol. The summed E-state index contributed by atoms with van der Waals surface area (Å²) in [6, 6.07) is 0. The SMILES string of the molecule is CC([O-])COC(C(F)(F)F)C(F)(F)F.[Li+]. The van der Waals surface area contributed by atoms with Crippen molar-refractivity contribution in [2.75, 3.05) is 6.61 Å². The Hall–Kier alpha value is 0.0974. The molecule has 0 rings (SSSR count). The quantitative estimate of drug-likeness (QED) is 0.427. The molecule has 0 aliphatic rings. The molecule has 0 aromatic heterocycles. The molecule has 15 heavy (non-hydrogen) atoms. The van der Waals surface area contributed by atoms with E-state index in [9.17, 15) is 31.4 Å². The zero-order valence-corrected chi connectivity index (χ0v) is 7.95. The van der Waals surface area contributed by atoms with Crippen LogP contribution >= 0.6 is 0 Å². The van der Waals surface area contributed by atoms with Gasteiger partial charge in [0.2, 0.25) is 6.10 Å². The van der Waals surface area contributed by atoms with Gasteiger partial charge in [-0.2, -0.15) is 26.3 Å². The maximum absolute atomic E-state index is 11.7. The third-order valence-electron chi connectivity index (χ3n) is 1.09. The molecule has 0 saturated carbocycles. The fourth-order valence-corrected chi connectivity index (χ4v) is 0.606. The van der Waals surface area contributed by atoms with Crippen molar-refractivity contribution in [3.63, 3.8) is 0 Å². The predicted molar refractivity (Wildman–Crippen MR) is 31.3 cm³/mol. The van der Waals surface area contributed by atoms with Gasteiger partial charge in [0.1, 0.15) is 0 Å². The van der Waals surface area contributed by atoms with Gasteiger partial charge >= 0.3 is 31.2 Å². The minimum absolute atomic E-state index is 0. The Morgan fingerprint density at radius 2 is 1.40 bits per heavy atom. The Morgan fingerprint density at radius 3 is 1.60 bits per heavy atom. The van der Waals surface area contributed by atoms with Crippen LogP contribution in [0.2, 0.25) is 0 Å². The van der Waals surface area contributed by atoms with Gasteiger partial charge in [0.15, 0.2) is 0 Å². The zero-order chi connectivity index (χ0) is 11.6. The zero-order valence-electron chi connectivity index (χ0n) is 7.95. The number of hydrogen-bond acceptors (Lipinski definition) is 2. The van der Waals surface area contributed by atoms with Crippen LogP contribution in [0.4, 0.5) is 26.3 Å². The molecule has 1 atom stereocenters. The van der Waals surface area contributed by atoms with Crippen LogP contribution in [0, 0.1) is 0 Å². The van der Waals surface area contributed by atoms with Gasteiger partial charge < -0.3 is 9.84 Å². The molecule has 0 heterocycles. The molecule has 0 saturated heterocycles. The van der Waals surface area contributed by atoms with E-state index in [1.54, 1.807) is 0 Å². The smallest absolute Gasteiger partial charge is 0.851 e. The Kier molecular flexibility index (Phi) is 6.98. The van der Waals surface area contributed by atoms with E-state index in [1.807, 2.05) is 0 Å². The standard InChI is InChI=1S/C6H7F6O2.Li/c1-3(13)2-14-4(5(7,8)9)6(10,11)12;/h3-4H,2H2,1H3;/q-1;+1. The number of halogens is 6. The molecule has 0 spiro atoms. The first-order chi connectivity index (χ1) is 6.05. The summed E-state index contributed by atoms with van der Waals surface area (Å²) in [6.45, 7) is -0.229. The van der Waals surface area contributed by atoms with Gasteiger partial charge in [-0.1, -0.05) is 6.92 Å². The first-order valence-corrected chi connectivity index (χ1v) is 3.46. The summed E-state index contributed by atoms with van der Waals surface area (Å²) in [5.41, 5.74) is 0. The summed E-state index contributed by atoms with van der Waals surface area (Å²) in [5.74, 6) is 0. The normalized spacial score (nSPS) is 15.0. The van der Waals surface area contributed by atoms with E-state index in [0.29, 0.717) is 0 Å². The molecular formula is C6H7F6LiO2. The summed E-state index contributed by atoms with van der Waals surface area (Å²) < 4.78 is 73.8. The molecule has 0 bridgehead atoms. The second kappa shape index (κ2) is 5.99. The largest absolute Gasteiger partial charge is 1.00 e. The minimum atomic E-state index is -5.55. The second-order valence-corrected chi connectivity index (χ2v) is 2.61. The van der Waals surface area contributed by atoms with E-state index < -0.39 is 31.2 Å². The van der Waals surface area contributed by atoms with E-state index in [2.05, 4.69) is 4.74 Å². The van der Waals surface area contributed by atoms with E-state index in [-0.39, 0.29) is 18.9 Å². The summed E-state index contributed by atoms with van der Waals surface area (Å²) in [5, 5.41) is 10.2. The van der Waals surface area contributed by atoms with Crippen LogP contribution in [0.1, 0.15) is 6.92 Å². The Balaban J connectivity index is 0. The second-order valence-electron chi connectivity index (χ2n) is 2.61. The average molecular weight is 232 g/mol. The van der Waals surface area contributed by atoms with Crippen molar-refractivity contribution in [3.8, 4) is 0 Å². The van der Waals surface area contributed by atoms with Crippen molar-refractivity contribution in [2.24, 2.45) is 0 Å². The molecule has 0 aliphatic carbocycles. The molecular weight excluding hydrogens is 225 g/mol. The van der Waals surface area contributed by atoms with Crippen molar-refractivity contribution in [3.05, 3.63) is 0 Å².